The van der Waals surface area contributed by atoms with Gasteiger partial charge in [0.05, 0.1) is 13.2 Å². The molecule has 9 heavy (non-hydrogen) atoms. The Morgan fingerprint density at radius 1 is 1.67 bits per heavy atom. The van der Waals surface area contributed by atoms with Crippen molar-refractivity contribution in [2.45, 2.75) is 6.92 Å². The van der Waals surface area contributed by atoms with Crippen molar-refractivity contribution in [1.82, 2.24) is 5.32 Å². The SMILES string of the molecule is CNCCOCC(C)=N. The molecule has 3 heteroatoms. The van der Waals surface area contributed by atoms with E-state index in [-0.39, 0.29) is 0 Å². The highest BCUT2D eigenvalue weighted by Crippen LogP contribution is 1.74. The topological polar surface area (TPSA) is 45.1 Å². The highest BCUT2D eigenvalue weighted by Gasteiger charge is 1.86. The van der Waals surface area contributed by atoms with Gasteiger partial charge in [-0.25, -0.2) is 0 Å². The molecule has 0 aromatic rings. The monoisotopic (exact) mass is 130 g/mol. The molecule has 0 fully saturated rings. The van der Waals surface area contributed by atoms with E-state index in [9.17, 15) is 0 Å². The normalized spacial score (nSPS) is 9.56. The van der Waals surface area contributed by atoms with Crippen molar-refractivity contribution in [1.29, 1.82) is 5.41 Å². The van der Waals surface area contributed by atoms with Gasteiger partial charge in [-0.15, -0.1) is 0 Å². The molecule has 0 radical (unpaired) electrons. The van der Waals surface area contributed by atoms with Crippen LogP contribution in [0.3, 0.4) is 0 Å². The second-order valence-electron chi connectivity index (χ2n) is 1.94. The van der Waals surface area contributed by atoms with Gasteiger partial charge in [0.15, 0.2) is 0 Å². The fourth-order valence-electron chi connectivity index (χ4n) is 0.399. The first-order chi connectivity index (χ1) is 4.27. The number of rotatable bonds is 5. The molecule has 3 nitrogen and oxygen atoms in total. The molecule has 0 saturated carbocycles. The average molecular weight is 130 g/mol. The molecule has 0 aliphatic carbocycles. The summed E-state index contributed by atoms with van der Waals surface area (Å²) >= 11 is 0. The third kappa shape index (κ3) is 7.59. The minimum absolute atomic E-state index is 0.460. The summed E-state index contributed by atoms with van der Waals surface area (Å²) in [6.45, 7) is 3.74. The Labute approximate surface area is 55.9 Å². The van der Waals surface area contributed by atoms with Gasteiger partial charge < -0.3 is 15.5 Å². The zero-order chi connectivity index (χ0) is 7.11. The molecular formula is C6H14N2O. The lowest BCUT2D eigenvalue weighted by Gasteiger charge is -2.00. The first-order valence-electron chi connectivity index (χ1n) is 3.03. The van der Waals surface area contributed by atoms with Gasteiger partial charge in [-0.3, -0.25) is 0 Å². The highest BCUT2D eigenvalue weighted by molar-refractivity contribution is 5.79. The molecule has 54 valence electrons. The lowest BCUT2D eigenvalue weighted by molar-refractivity contribution is 0.174. The second-order valence-corrected chi connectivity index (χ2v) is 1.94. The predicted molar refractivity (Wildman–Crippen MR) is 38.1 cm³/mol. The van der Waals surface area contributed by atoms with Crippen LogP contribution in [0.15, 0.2) is 0 Å². The van der Waals surface area contributed by atoms with E-state index in [1.165, 1.54) is 0 Å². The lowest BCUT2D eigenvalue weighted by Crippen LogP contribution is -2.16. The van der Waals surface area contributed by atoms with Crippen molar-refractivity contribution >= 4 is 5.71 Å². The maximum Gasteiger partial charge on any atom is 0.0839 e. The average Bonchev–Trinajstić information content (AvgIpc) is 1.80. The Morgan fingerprint density at radius 2 is 2.33 bits per heavy atom. The van der Waals surface area contributed by atoms with Gasteiger partial charge in [0.25, 0.3) is 0 Å². The summed E-state index contributed by atoms with van der Waals surface area (Å²) in [5, 5.41) is 9.93. The van der Waals surface area contributed by atoms with E-state index in [0.29, 0.717) is 18.9 Å². The molecule has 0 atom stereocenters. The van der Waals surface area contributed by atoms with E-state index in [0.717, 1.165) is 6.54 Å². The second kappa shape index (κ2) is 5.72. The molecule has 0 spiro atoms. The summed E-state index contributed by atoms with van der Waals surface area (Å²) in [7, 11) is 1.88. The molecule has 0 unspecified atom stereocenters. The zero-order valence-electron chi connectivity index (χ0n) is 6.03. The molecule has 0 amide bonds. The smallest absolute Gasteiger partial charge is 0.0839 e. The van der Waals surface area contributed by atoms with Crippen LogP contribution in [0.2, 0.25) is 0 Å². The van der Waals surface area contributed by atoms with Gasteiger partial charge >= 0.3 is 0 Å². The first-order valence-corrected chi connectivity index (χ1v) is 3.03. The van der Waals surface area contributed by atoms with E-state index in [4.69, 9.17) is 10.1 Å². The minimum atomic E-state index is 0.460. The van der Waals surface area contributed by atoms with E-state index < -0.39 is 0 Å². The van der Waals surface area contributed by atoms with Crippen molar-refractivity contribution in [3.63, 3.8) is 0 Å². The Hall–Kier alpha value is -0.410. The molecule has 0 bridgehead atoms. The van der Waals surface area contributed by atoms with Gasteiger partial charge in [0, 0.05) is 12.3 Å². The van der Waals surface area contributed by atoms with Crippen molar-refractivity contribution in [2.24, 2.45) is 0 Å². The third-order valence-corrected chi connectivity index (χ3v) is 0.815. The number of hydrogen-bond acceptors (Lipinski definition) is 3. The zero-order valence-corrected chi connectivity index (χ0v) is 6.03. The van der Waals surface area contributed by atoms with E-state index in [1.54, 1.807) is 6.92 Å². The molecule has 0 aromatic heterocycles. The summed E-state index contributed by atoms with van der Waals surface area (Å²) in [5.74, 6) is 0. The van der Waals surface area contributed by atoms with Crippen LogP contribution in [0.25, 0.3) is 0 Å². The van der Waals surface area contributed by atoms with Crippen LogP contribution >= 0.6 is 0 Å². The van der Waals surface area contributed by atoms with Gasteiger partial charge in [-0.1, -0.05) is 0 Å². The summed E-state index contributed by atoms with van der Waals surface area (Å²) in [6.07, 6.45) is 0. The van der Waals surface area contributed by atoms with Gasteiger partial charge in [0.1, 0.15) is 0 Å². The number of ether oxygens (including phenoxy) is 1. The molecule has 0 aromatic carbocycles. The van der Waals surface area contributed by atoms with Crippen LogP contribution < -0.4 is 5.32 Å². The predicted octanol–water partition coefficient (Wildman–Crippen LogP) is 0.262. The largest absolute Gasteiger partial charge is 0.374 e. The Kier molecular flexibility index (Phi) is 5.46. The van der Waals surface area contributed by atoms with Crippen molar-refractivity contribution in [2.75, 3.05) is 26.8 Å². The quantitative estimate of drug-likeness (QED) is 0.414. The molecule has 2 N–H and O–H groups in total. The maximum atomic E-state index is 6.98. The molecule has 0 rings (SSSR count). The van der Waals surface area contributed by atoms with Gasteiger partial charge in [0.2, 0.25) is 0 Å². The molecular weight excluding hydrogens is 116 g/mol. The van der Waals surface area contributed by atoms with Crippen LogP contribution in [-0.2, 0) is 4.74 Å². The van der Waals surface area contributed by atoms with Crippen LogP contribution in [0.4, 0.5) is 0 Å². The molecule has 0 saturated heterocycles. The standard InChI is InChI=1S/C6H14N2O/c1-6(7)5-9-4-3-8-2/h7-8H,3-5H2,1-2H3. The minimum Gasteiger partial charge on any atom is -0.374 e. The van der Waals surface area contributed by atoms with E-state index >= 15 is 0 Å². The van der Waals surface area contributed by atoms with Crippen LogP contribution in [-0.4, -0.2) is 32.5 Å². The molecule has 0 aliphatic rings. The van der Waals surface area contributed by atoms with Gasteiger partial charge in [-0.2, -0.15) is 0 Å². The van der Waals surface area contributed by atoms with E-state index in [2.05, 4.69) is 5.32 Å². The van der Waals surface area contributed by atoms with Crippen LogP contribution in [0.1, 0.15) is 6.92 Å². The van der Waals surface area contributed by atoms with Crippen LogP contribution in [0.5, 0.6) is 0 Å². The third-order valence-electron chi connectivity index (χ3n) is 0.815. The lowest BCUT2D eigenvalue weighted by atomic mass is 10.5. The van der Waals surface area contributed by atoms with E-state index in [1.807, 2.05) is 7.05 Å². The summed E-state index contributed by atoms with van der Waals surface area (Å²) in [6, 6.07) is 0. The number of nitrogens with one attached hydrogen (secondary N) is 2. The fourth-order valence-corrected chi connectivity index (χ4v) is 0.399. The highest BCUT2D eigenvalue weighted by atomic mass is 16.5. The first kappa shape index (κ1) is 8.59. The molecule has 0 aliphatic heterocycles. The number of hydrogen-bond donors (Lipinski definition) is 2. The Morgan fingerprint density at radius 3 is 2.78 bits per heavy atom. The van der Waals surface area contributed by atoms with Crippen molar-refractivity contribution < 1.29 is 4.74 Å². The van der Waals surface area contributed by atoms with Crippen LogP contribution in [0, 0.1) is 5.41 Å². The van der Waals surface area contributed by atoms with Gasteiger partial charge in [-0.05, 0) is 14.0 Å². The van der Waals surface area contributed by atoms with Crippen molar-refractivity contribution in [3.05, 3.63) is 0 Å². The Bertz CT molecular complexity index is 83.1. The fraction of sp³-hybridized carbons (Fsp3) is 0.833. The summed E-state index contributed by atoms with van der Waals surface area (Å²) in [5.41, 5.74) is 0.575. The maximum absolute atomic E-state index is 6.98. The molecule has 0 heterocycles. The van der Waals surface area contributed by atoms with Crippen molar-refractivity contribution in [3.8, 4) is 0 Å². The number of likely N-dealkylation sites (N-methyl/N-ethyl adjacent to an activating group) is 1. The summed E-state index contributed by atoms with van der Waals surface area (Å²) in [4.78, 5) is 0. The Balaban J connectivity index is 2.83. The summed E-state index contributed by atoms with van der Waals surface area (Å²) < 4.78 is 5.05.